The molecule has 10 heteroatoms. The molecule has 36 heavy (non-hydrogen) atoms. The van der Waals surface area contributed by atoms with Crippen LogP contribution in [0.15, 0.2) is 65.1 Å². The summed E-state index contributed by atoms with van der Waals surface area (Å²) >= 11 is 14.6. The van der Waals surface area contributed by atoms with Crippen molar-refractivity contribution in [1.82, 2.24) is 9.88 Å². The van der Waals surface area contributed by atoms with Crippen molar-refractivity contribution in [2.45, 2.75) is 13.5 Å². The number of thiophene rings is 2. The van der Waals surface area contributed by atoms with Gasteiger partial charge in [-0.05, 0) is 48.9 Å². The van der Waals surface area contributed by atoms with Crippen LogP contribution in [0.2, 0.25) is 10.0 Å². The largest absolute Gasteiger partial charge is 0.506 e. The molecule has 0 saturated heterocycles. The fourth-order valence-electron chi connectivity index (χ4n) is 3.40. The van der Waals surface area contributed by atoms with Gasteiger partial charge in [0.1, 0.15) is 12.3 Å². The van der Waals surface area contributed by atoms with Gasteiger partial charge in [-0.1, -0.05) is 35.3 Å². The first-order chi connectivity index (χ1) is 17.2. The van der Waals surface area contributed by atoms with Crippen LogP contribution in [0, 0.1) is 0 Å². The van der Waals surface area contributed by atoms with Crippen LogP contribution in [0.4, 0.5) is 0 Å². The first-order valence-electron chi connectivity index (χ1n) is 10.8. The van der Waals surface area contributed by atoms with E-state index in [2.05, 4.69) is 9.98 Å². The zero-order chi connectivity index (χ0) is 25.8. The van der Waals surface area contributed by atoms with Gasteiger partial charge in [-0.3, -0.25) is 19.6 Å². The van der Waals surface area contributed by atoms with Crippen molar-refractivity contribution in [3.05, 3.63) is 91.2 Å². The Labute approximate surface area is 226 Å². The molecule has 184 valence electrons. The number of benzene rings is 1. The molecule has 0 atom stereocenters. The van der Waals surface area contributed by atoms with Gasteiger partial charge in [-0.15, -0.1) is 22.7 Å². The Bertz CT molecular complexity index is 1450. The Balaban J connectivity index is 1.42. The van der Waals surface area contributed by atoms with Gasteiger partial charge in [-0.25, -0.2) is 0 Å². The zero-order valence-corrected chi connectivity index (χ0v) is 22.5. The molecule has 0 aliphatic heterocycles. The SMILES string of the molecule is CC(=NCC(=O)c1ccc(C(=O)N(C)Cc2ccccn2)s1)c1csc(-c2ccc(Cl)c(Cl)c2)c1O. The summed E-state index contributed by atoms with van der Waals surface area (Å²) in [6, 6.07) is 14.0. The molecule has 0 aliphatic rings. The molecule has 3 heterocycles. The minimum atomic E-state index is -0.204. The molecule has 6 nitrogen and oxygen atoms in total. The maximum atomic E-state index is 12.8. The molecule has 3 aromatic heterocycles. The highest BCUT2D eigenvalue weighted by Crippen LogP contribution is 2.40. The van der Waals surface area contributed by atoms with Crippen LogP contribution in [0.5, 0.6) is 5.75 Å². The van der Waals surface area contributed by atoms with E-state index in [0.717, 1.165) is 22.6 Å². The van der Waals surface area contributed by atoms with E-state index >= 15 is 0 Å². The van der Waals surface area contributed by atoms with Crippen molar-refractivity contribution in [3.63, 3.8) is 0 Å². The molecular weight excluding hydrogens is 537 g/mol. The summed E-state index contributed by atoms with van der Waals surface area (Å²) < 4.78 is 0. The standard InChI is InChI=1S/C26H21Cl2N3O3S2/c1-15(18-14-35-25(24(18)33)16-6-7-19(27)20(28)11-16)30-12-21(32)22-8-9-23(36-22)26(34)31(2)13-17-5-3-4-10-29-17/h3-11,14,33H,12-13H2,1-2H3. The summed E-state index contributed by atoms with van der Waals surface area (Å²) in [5, 5.41) is 13.4. The van der Waals surface area contributed by atoms with Gasteiger partial charge in [0.15, 0.2) is 5.78 Å². The lowest BCUT2D eigenvalue weighted by atomic mass is 10.1. The number of aliphatic imine (C=N–C) groups is 1. The maximum Gasteiger partial charge on any atom is 0.264 e. The second-order valence-electron chi connectivity index (χ2n) is 7.93. The van der Waals surface area contributed by atoms with Crippen LogP contribution >= 0.6 is 45.9 Å². The van der Waals surface area contributed by atoms with E-state index in [1.54, 1.807) is 60.8 Å². The number of hydrogen-bond donors (Lipinski definition) is 1. The van der Waals surface area contributed by atoms with Gasteiger partial charge in [0.05, 0.1) is 36.9 Å². The van der Waals surface area contributed by atoms with Gasteiger partial charge in [0.2, 0.25) is 0 Å². The summed E-state index contributed by atoms with van der Waals surface area (Å²) in [5.74, 6) is -0.306. The predicted molar refractivity (Wildman–Crippen MR) is 147 cm³/mol. The van der Waals surface area contributed by atoms with Crippen LogP contribution < -0.4 is 0 Å². The van der Waals surface area contributed by atoms with Gasteiger partial charge in [-0.2, -0.15) is 0 Å². The summed E-state index contributed by atoms with van der Waals surface area (Å²) in [7, 11) is 1.70. The number of aromatic hydroxyl groups is 1. The molecule has 1 N–H and O–H groups in total. The van der Waals surface area contributed by atoms with E-state index in [9.17, 15) is 14.7 Å². The van der Waals surface area contributed by atoms with Crippen molar-refractivity contribution in [1.29, 1.82) is 0 Å². The lowest BCUT2D eigenvalue weighted by molar-refractivity contribution is 0.0788. The van der Waals surface area contributed by atoms with E-state index in [0.29, 0.717) is 42.5 Å². The Kier molecular flexibility index (Phi) is 8.21. The third-order valence-corrected chi connectivity index (χ3v) is 8.23. The number of Topliss-reactive ketones (excluding diaryl/α,β-unsaturated/α-hetero) is 1. The summed E-state index contributed by atoms with van der Waals surface area (Å²) in [5.41, 5.74) is 2.61. The number of pyridine rings is 1. The van der Waals surface area contributed by atoms with Crippen molar-refractivity contribution in [3.8, 4) is 16.2 Å². The number of carbonyl (C=O) groups is 2. The normalized spacial score (nSPS) is 11.5. The lowest BCUT2D eigenvalue weighted by Gasteiger charge is -2.15. The first-order valence-corrected chi connectivity index (χ1v) is 13.3. The number of halogens is 2. The minimum absolute atomic E-state index is 0.0760. The number of aromatic nitrogens is 1. The molecule has 0 fully saturated rings. The smallest absolute Gasteiger partial charge is 0.264 e. The summed E-state index contributed by atoms with van der Waals surface area (Å²) in [6.45, 7) is 2.02. The number of amides is 1. The molecule has 0 saturated carbocycles. The van der Waals surface area contributed by atoms with E-state index < -0.39 is 0 Å². The molecule has 1 amide bonds. The van der Waals surface area contributed by atoms with Crippen LogP contribution in [0.1, 0.15) is 37.5 Å². The molecule has 0 aliphatic carbocycles. The topological polar surface area (TPSA) is 82.9 Å². The molecule has 4 aromatic rings. The van der Waals surface area contributed by atoms with E-state index in [1.807, 2.05) is 18.2 Å². The van der Waals surface area contributed by atoms with E-state index in [4.69, 9.17) is 23.2 Å². The molecular formula is C26H21Cl2N3O3S2. The fourth-order valence-corrected chi connectivity index (χ4v) is 5.63. The van der Waals surface area contributed by atoms with Crippen molar-refractivity contribution in [2.75, 3.05) is 13.6 Å². The zero-order valence-electron chi connectivity index (χ0n) is 19.4. The van der Waals surface area contributed by atoms with E-state index in [-0.39, 0.29) is 24.0 Å². The highest BCUT2D eigenvalue weighted by molar-refractivity contribution is 7.16. The first kappa shape index (κ1) is 26.0. The Morgan fingerprint density at radius 3 is 2.58 bits per heavy atom. The molecule has 1 aromatic carbocycles. The van der Waals surface area contributed by atoms with Gasteiger partial charge in [0.25, 0.3) is 5.91 Å². The number of carbonyl (C=O) groups excluding carboxylic acids is 2. The second kappa shape index (κ2) is 11.3. The number of nitrogens with zero attached hydrogens (tertiary/aromatic N) is 3. The number of rotatable bonds is 8. The van der Waals surface area contributed by atoms with Crippen LogP contribution in [-0.4, -0.2) is 46.0 Å². The molecule has 0 spiro atoms. The van der Waals surface area contributed by atoms with Crippen molar-refractivity contribution in [2.24, 2.45) is 4.99 Å². The molecule has 4 rings (SSSR count). The third-order valence-electron chi connectivity index (χ3n) is 5.36. The third kappa shape index (κ3) is 5.84. The van der Waals surface area contributed by atoms with Crippen LogP contribution in [0.25, 0.3) is 10.4 Å². The fraction of sp³-hybridized carbons (Fsp3) is 0.154. The van der Waals surface area contributed by atoms with Gasteiger partial charge < -0.3 is 10.0 Å². The van der Waals surface area contributed by atoms with Crippen molar-refractivity contribution < 1.29 is 14.7 Å². The number of hydrogen-bond acceptors (Lipinski definition) is 7. The maximum absolute atomic E-state index is 12.8. The average molecular weight is 559 g/mol. The average Bonchev–Trinajstić information content (AvgIpc) is 3.51. The van der Waals surface area contributed by atoms with Gasteiger partial charge in [0, 0.05) is 29.9 Å². The summed E-state index contributed by atoms with van der Waals surface area (Å²) in [6.07, 6.45) is 1.68. The highest BCUT2D eigenvalue weighted by atomic mass is 35.5. The molecule has 0 bridgehead atoms. The lowest BCUT2D eigenvalue weighted by Crippen LogP contribution is -2.25. The Morgan fingerprint density at radius 1 is 1.08 bits per heavy atom. The van der Waals surface area contributed by atoms with Crippen LogP contribution in [-0.2, 0) is 6.54 Å². The Hall–Kier alpha value is -3.04. The highest BCUT2D eigenvalue weighted by Gasteiger charge is 2.19. The predicted octanol–water partition coefficient (Wildman–Crippen LogP) is 6.85. The summed E-state index contributed by atoms with van der Waals surface area (Å²) in [4.78, 5) is 37.3. The monoisotopic (exact) mass is 557 g/mol. The quantitative estimate of drug-likeness (QED) is 0.190. The second-order valence-corrected chi connectivity index (χ2v) is 10.7. The molecule has 0 unspecified atom stereocenters. The van der Waals surface area contributed by atoms with Crippen LogP contribution in [0.3, 0.4) is 0 Å². The van der Waals surface area contributed by atoms with E-state index in [1.165, 1.54) is 11.3 Å². The van der Waals surface area contributed by atoms with Gasteiger partial charge >= 0.3 is 0 Å². The molecule has 0 radical (unpaired) electrons. The Morgan fingerprint density at radius 2 is 1.86 bits per heavy atom. The van der Waals surface area contributed by atoms with Crippen molar-refractivity contribution >= 4 is 63.3 Å². The minimum Gasteiger partial charge on any atom is -0.506 e. The number of ketones is 1.